The Morgan fingerprint density at radius 3 is 2.56 bits per heavy atom. The minimum absolute atomic E-state index is 0.0655. The number of phenolic OH excluding ortho intramolecular Hbond substituents is 1. The van der Waals surface area contributed by atoms with E-state index in [1.54, 1.807) is 36.0 Å². The van der Waals surface area contributed by atoms with Crippen molar-refractivity contribution in [2.45, 2.75) is 25.5 Å². The lowest BCUT2D eigenvalue weighted by molar-refractivity contribution is -0.113. The molecule has 0 aliphatic heterocycles. The summed E-state index contributed by atoms with van der Waals surface area (Å²) in [6, 6.07) is 6.71. The molecule has 0 saturated carbocycles. The molecule has 0 aliphatic rings. The minimum atomic E-state index is -0.0959. The molecule has 0 spiro atoms. The fraction of sp³-hybridized carbons (Fsp3) is 0.417. The van der Waals surface area contributed by atoms with E-state index in [1.165, 1.54) is 0 Å². The van der Waals surface area contributed by atoms with Gasteiger partial charge in [-0.1, -0.05) is 32.9 Å². The van der Waals surface area contributed by atoms with E-state index in [9.17, 15) is 9.90 Å². The highest BCUT2D eigenvalue weighted by molar-refractivity contribution is 8.01. The van der Waals surface area contributed by atoms with E-state index in [-0.39, 0.29) is 16.4 Å². The monoisotopic (exact) mass is 239 g/mol. The van der Waals surface area contributed by atoms with Crippen LogP contribution in [0.1, 0.15) is 20.8 Å². The van der Waals surface area contributed by atoms with E-state index >= 15 is 0 Å². The van der Waals surface area contributed by atoms with Crippen LogP contribution < -0.4 is 5.32 Å². The lowest BCUT2D eigenvalue weighted by atomic mass is 10.3. The minimum Gasteiger partial charge on any atom is -0.506 e. The number of anilines is 1. The normalized spacial score (nSPS) is 11.2. The largest absolute Gasteiger partial charge is 0.506 e. The molecule has 0 fully saturated rings. The molecule has 16 heavy (non-hydrogen) atoms. The Balaban J connectivity index is 2.50. The lowest BCUT2D eigenvalue weighted by Gasteiger charge is -2.17. The van der Waals surface area contributed by atoms with Crippen LogP contribution in [0.5, 0.6) is 5.75 Å². The van der Waals surface area contributed by atoms with Crippen LogP contribution in [0.25, 0.3) is 0 Å². The molecule has 0 unspecified atom stereocenters. The SMILES string of the molecule is CC(C)(C)SCC(=O)Nc1ccccc1O. The second-order valence-electron chi connectivity index (χ2n) is 4.47. The van der Waals surface area contributed by atoms with Gasteiger partial charge >= 0.3 is 0 Å². The number of carbonyl (C=O) groups excluding carboxylic acids is 1. The molecule has 0 radical (unpaired) electrons. The molecule has 1 aromatic carbocycles. The van der Waals surface area contributed by atoms with Crippen molar-refractivity contribution in [3.8, 4) is 5.75 Å². The van der Waals surface area contributed by atoms with Crippen molar-refractivity contribution in [1.82, 2.24) is 0 Å². The molecule has 0 atom stereocenters. The maximum Gasteiger partial charge on any atom is 0.234 e. The topological polar surface area (TPSA) is 49.3 Å². The molecule has 0 heterocycles. The number of aromatic hydroxyl groups is 1. The van der Waals surface area contributed by atoms with Gasteiger partial charge in [-0.3, -0.25) is 4.79 Å². The van der Waals surface area contributed by atoms with Crippen LogP contribution in [0, 0.1) is 0 Å². The fourth-order valence-electron chi connectivity index (χ4n) is 1.05. The first-order valence-electron chi connectivity index (χ1n) is 5.10. The van der Waals surface area contributed by atoms with Gasteiger partial charge < -0.3 is 10.4 Å². The third-order valence-electron chi connectivity index (χ3n) is 1.81. The predicted molar refractivity (Wildman–Crippen MR) is 68.9 cm³/mol. The third kappa shape index (κ3) is 4.57. The molecule has 4 heteroatoms. The molecule has 1 aromatic rings. The number of thioether (sulfide) groups is 1. The smallest absolute Gasteiger partial charge is 0.234 e. The Labute approximate surface area is 100 Å². The van der Waals surface area contributed by atoms with Crippen LogP contribution in [0.4, 0.5) is 5.69 Å². The first-order chi connectivity index (χ1) is 7.38. The first kappa shape index (κ1) is 12.9. The van der Waals surface area contributed by atoms with E-state index in [0.717, 1.165) is 0 Å². The summed E-state index contributed by atoms with van der Waals surface area (Å²) in [5.74, 6) is 0.385. The summed E-state index contributed by atoms with van der Waals surface area (Å²) in [5, 5.41) is 12.1. The molecule has 0 aliphatic carbocycles. The van der Waals surface area contributed by atoms with Gasteiger partial charge in [0.05, 0.1) is 11.4 Å². The van der Waals surface area contributed by atoms with Gasteiger partial charge in [-0.05, 0) is 12.1 Å². The van der Waals surface area contributed by atoms with Crippen molar-refractivity contribution >= 4 is 23.4 Å². The van der Waals surface area contributed by atoms with Gasteiger partial charge in [0.1, 0.15) is 5.75 Å². The average molecular weight is 239 g/mol. The van der Waals surface area contributed by atoms with Crippen LogP contribution in [-0.2, 0) is 4.79 Å². The van der Waals surface area contributed by atoms with E-state index in [1.807, 2.05) is 0 Å². The number of carbonyl (C=O) groups is 1. The molecular formula is C12H17NO2S. The van der Waals surface area contributed by atoms with Crippen molar-refractivity contribution in [3.63, 3.8) is 0 Å². The number of phenols is 1. The van der Waals surface area contributed by atoms with E-state index < -0.39 is 0 Å². The second kappa shape index (κ2) is 5.25. The summed E-state index contributed by atoms with van der Waals surface area (Å²) in [5.41, 5.74) is 0.460. The zero-order valence-corrected chi connectivity index (χ0v) is 10.6. The summed E-state index contributed by atoms with van der Waals surface area (Å²) in [7, 11) is 0. The molecule has 88 valence electrons. The van der Waals surface area contributed by atoms with Gasteiger partial charge in [-0.25, -0.2) is 0 Å². The van der Waals surface area contributed by atoms with Gasteiger partial charge in [-0.15, -0.1) is 11.8 Å². The number of para-hydroxylation sites is 2. The van der Waals surface area contributed by atoms with Crippen LogP contribution in [0.3, 0.4) is 0 Å². The van der Waals surface area contributed by atoms with Gasteiger partial charge in [-0.2, -0.15) is 0 Å². The van der Waals surface area contributed by atoms with Crippen LogP contribution in [0.2, 0.25) is 0 Å². The zero-order chi connectivity index (χ0) is 12.2. The standard InChI is InChI=1S/C12H17NO2S/c1-12(2,3)16-8-11(15)13-9-6-4-5-7-10(9)14/h4-7,14H,8H2,1-3H3,(H,13,15). The summed E-state index contributed by atoms with van der Waals surface area (Å²) in [6.07, 6.45) is 0. The highest BCUT2D eigenvalue weighted by Crippen LogP contribution is 2.25. The maximum atomic E-state index is 11.6. The molecule has 1 rings (SSSR count). The van der Waals surface area contributed by atoms with Crippen LogP contribution in [0.15, 0.2) is 24.3 Å². The number of nitrogens with one attached hydrogen (secondary N) is 1. The van der Waals surface area contributed by atoms with Crippen molar-refractivity contribution < 1.29 is 9.90 Å². The Morgan fingerprint density at radius 1 is 1.38 bits per heavy atom. The molecular weight excluding hydrogens is 222 g/mol. The molecule has 1 amide bonds. The zero-order valence-electron chi connectivity index (χ0n) is 9.78. The van der Waals surface area contributed by atoms with Crippen LogP contribution >= 0.6 is 11.8 Å². The Kier molecular flexibility index (Phi) is 4.24. The van der Waals surface area contributed by atoms with Gasteiger partial charge in [0.15, 0.2) is 0 Å². The quantitative estimate of drug-likeness (QED) is 0.797. The van der Waals surface area contributed by atoms with Crippen molar-refractivity contribution in [2.75, 3.05) is 11.1 Å². The number of benzene rings is 1. The van der Waals surface area contributed by atoms with Gasteiger partial charge in [0.2, 0.25) is 5.91 Å². The number of hydrogen-bond donors (Lipinski definition) is 2. The fourth-order valence-corrected chi connectivity index (χ4v) is 1.68. The summed E-state index contributed by atoms with van der Waals surface area (Å²) in [4.78, 5) is 11.6. The van der Waals surface area contributed by atoms with Crippen molar-refractivity contribution in [3.05, 3.63) is 24.3 Å². The lowest BCUT2D eigenvalue weighted by Crippen LogP contribution is -2.18. The number of amides is 1. The molecule has 0 bridgehead atoms. The van der Waals surface area contributed by atoms with E-state index in [0.29, 0.717) is 11.4 Å². The summed E-state index contributed by atoms with van der Waals surface area (Å²) in [6.45, 7) is 6.18. The second-order valence-corrected chi connectivity index (χ2v) is 6.27. The highest BCUT2D eigenvalue weighted by atomic mass is 32.2. The van der Waals surface area contributed by atoms with Crippen molar-refractivity contribution in [1.29, 1.82) is 0 Å². The predicted octanol–water partition coefficient (Wildman–Crippen LogP) is 2.86. The maximum absolute atomic E-state index is 11.6. The number of hydrogen-bond acceptors (Lipinski definition) is 3. The van der Waals surface area contributed by atoms with Gasteiger partial charge in [0.25, 0.3) is 0 Å². The first-order valence-corrected chi connectivity index (χ1v) is 6.09. The highest BCUT2D eigenvalue weighted by Gasteiger charge is 2.13. The molecule has 0 saturated heterocycles. The van der Waals surface area contributed by atoms with E-state index in [2.05, 4.69) is 26.1 Å². The van der Waals surface area contributed by atoms with E-state index in [4.69, 9.17) is 0 Å². The number of rotatable bonds is 3. The summed E-state index contributed by atoms with van der Waals surface area (Å²) >= 11 is 1.57. The van der Waals surface area contributed by atoms with Crippen molar-refractivity contribution in [2.24, 2.45) is 0 Å². The summed E-state index contributed by atoms with van der Waals surface area (Å²) < 4.78 is 0.0655. The Hall–Kier alpha value is -1.16. The Morgan fingerprint density at radius 2 is 2.00 bits per heavy atom. The average Bonchev–Trinajstić information content (AvgIpc) is 2.18. The van der Waals surface area contributed by atoms with Gasteiger partial charge in [0, 0.05) is 4.75 Å². The molecule has 3 nitrogen and oxygen atoms in total. The molecule has 2 N–H and O–H groups in total. The van der Waals surface area contributed by atoms with Crippen LogP contribution in [-0.4, -0.2) is 21.5 Å². The Bertz CT molecular complexity index is 372. The molecule has 0 aromatic heterocycles. The third-order valence-corrected chi connectivity index (χ3v) is 3.09.